The number of thioether (sulfide) groups is 1. The molecule has 2 unspecified atom stereocenters. The van der Waals surface area contributed by atoms with Crippen LogP contribution in [0, 0.1) is 0 Å². The smallest absolute Gasteiger partial charge is 0.327 e. The van der Waals surface area contributed by atoms with Gasteiger partial charge < -0.3 is 15.7 Å². The van der Waals surface area contributed by atoms with Gasteiger partial charge in [0.25, 0.3) is 5.91 Å². The molecule has 1 saturated heterocycles. The van der Waals surface area contributed by atoms with Crippen LogP contribution >= 0.6 is 11.8 Å². The van der Waals surface area contributed by atoms with Gasteiger partial charge in [-0.1, -0.05) is 0 Å². The van der Waals surface area contributed by atoms with Crippen molar-refractivity contribution in [2.75, 3.05) is 5.75 Å². The van der Waals surface area contributed by atoms with Gasteiger partial charge in [0, 0.05) is 24.1 Å². The van der Waals surface area contributed by atoms with Crippen LogP contribution in [0.2, 0.25) is 0 Å². The Morgan fingerprint density at radius 3 is 3.00 bits per heavy atom. The van der Waals surface area contributed by atoms with Gasteiger partial charge in [0.15, 0.2) is 0 Å². The SMILES string of the molecule is CC1SCC(C(=O)O)N1C(=O)c1ccnc(CN)c1. The summed E-state index contributed by atoms with van der Waals surface area (Å²) >= 11 is 1.46. The Morgan fingerprint density at radius 2 is 2.37 bits per heavy atom. The van der Waals surface area contributed by atoms with E-state index in [1.807, 2.05) is 6.92 Å². The molecule has 2 heterocycles. The number of carboxylic acids is 1. The highest BCUT2D eigenvalue weighted by Gasteiger charge is 2.39. The van der Waals surface area contributed by atoms with Gasteiger partial charge in [-0.15, -0.1) is 11.8 Å². The number of carbonyl (C=O) groups excluding carboxylic acids is 1. The third-order valence-corrected chi connectivity index (χ3v) is 4.23. The van der Waals surface area contributed by atoms with Crippen LogP contribution in [0.5, 0.6) is 0 Å². The first-order valence-corrected chi connectivity index (χ1v) is 6.91. The second-order valence-electron chi connectivity index (χ2n) is 4.24. The van der Waals surface area contributed by atoms with Gasteiger partial charge in [-0.3, -0.25) is 9.78 Å². The van der Waals surface area contributed by atoms with E-state index in [4.69, 9.17) is 10.8 Å². The lowest BCUT2D eigenvalue weighted by atomic mass is 10.1. The number of nitrogens with zero attached hydrogens (tertiary/aromatic N) is 2. The lowest BCUT2D eigenvalue weighted by Crippen LogP contribution is -2.44. The highest BCUT2D eigenvalue weighted by atomic mass is 32.2. The van der Waals surface area contributed by atoms with E-state index >= 15 is 0 Å². The molecule has 0 bridgehead atoms. The first-order chi connectivity index (χ1) is 9.04. The first-order valence-electron chi connectivity index (χ1n) is 5.86. The average molecular weight is 281 g/mol. The minimum Gasteiger partial charge on any atom is -0.480 e. The summed E-state index contributed by atoms with van der Waals surface area (Å²) in [6, 6.07) is 2.41. The van der Waals surface area contributed by atoms with Crippen molar-refractivity contribution in [2.24, 2.45) is 5.73 Å². The molecule has 1 aromatic heterocycles. The van der Waals surface area contributed by atoms with E-state index in [9.17, 15) is 9.59 Å². The van der Waals surface area contributed by atoms with E-state index in [2.05, 4.69) is 4.98 Å². The molecule has 1 aliphatic heterocycles. The standard InChI is InChI=1S/C12H15N3O3S/c1-7-15(10(6-19-7)12(17)18)11(16)8-2-3-14-9(4-8)5-13/h2-4,7,10H,5-6,13H2,1H3,(H,17,18). The van der Waals surface area contributed by atoms with Gasteiger partial charge in [0.2, 0.25) is 0 Å². The second kappa shape index (κ2) is 5.58. The van der Waals surface area contributed by atoms with Crippen molar-refractivity contribution in [2.45, 2.75) is 24.9 Å². The summed E-state index contributed by atoms with van der Waals surface area (Å²) in [6.07, 6.45) is 1.51. The quantitative estimate of drug-likeness (QED) is 0.839. The van der Waals surface area contributed by atoms with Crippen LogP contribution in [-0.2, 0) is 11.3 Å². The molecule has 1 aromatic rings. The lowest BCUT2D eigenvalue weighted by molar-refractivity contribution is -0.141. The van der Waals surface area contributed by atoms with Crippen LogP contribution in [0.15, 0.2) is 18.3 Å². The van der Waals surface area contributed by atoms with Crippen molar-refractivity contribution in [3.8, 4) is 0 Å². The largest absolute Gasteiger partial charge is 0.480 e. The van der Waals surface area contributed by atoms with E-state index < -0.39 is 12.0 Å². The molecular formula is C12H15N3O3S. The Labute approximate surface area is 115 Å². The molecule has 0 radical (unpaired) electrons. The average Bonchev–Trinajstić information content (AvgIpc) is 2.80. The second-order valence-corrected chi connectivity index (χ2v) is 5.59. The Morgan fingerprint density at radius 1 is 1.63 bits per heavy atom. The van der Waals surface area contributed by atoms with Gasteiger partial charge in [-0.2, -0.15) is 0 Å². The van der Waals surface area contributed by atoms with Crippen LogP contribution < -0.4 is 5.73 Å². The highest BCUT2D eigenvalue weighted by molar-refractivity contribution is 8.00. The van der Waals surface area contributed by atoms with Crippen molar-refractivity contribution in [1.82, 2.24) is 9.88 Å². The third-order valence-electron chi connectivity index (χ3n) is 3.02. The summed E-state index contributed by atoms with van der Waals surface area (Å²) < 4.78 is 0. The minimum absolute atomic E-state index is 0.150. The molecule has 6 nitrogen and oxygen atoms in total. The van der Waals surface area contributed by atoms with Crippen LogP contribution in [0.4, 0.5) is 0 Å². The summed E-state index contributed by atoms with van der Waals surface area (Å²) in [5.41, 5.74) is 6.52. The summed E-state index contributed by atoms with van der Waals surface area (Å²) in [7, 11) is 0. The van der Waals surface area contributed by atoms with E-state index in [0.717, 1.165) is 0 Å². The predicted molar refractivity (Wildman–Crippen MR) is 71.6 cm³/mol. The van der Waals surface area contributed by atoms with Crippen molar-refractivity contribution in [3.05, 3.63) is 29.6 Å². The van der Waals surface area contributed by atoms with E-state index in [1.165, 1.54) is 22.9 Å². The number of carbonyl (C=O) groups is 2. The van der Waals surface area contributed by atoms with Gasteiger partial charge in [0.1, 0.15) is 6.04 Å². The van der Waals surface area contributed by atoms with E-state index in [-0.39, 0.29) is 17.8 Å². The summed E-state index contributed by atoms with van der Waals surface area (Å²) in [4.78, 5) is 29.0. The number of aromatic nitrogens is 1. The maximum atomic E-state index is 12.4. The third kappa shape index (κ3) is 2.71. The van der Waals surface area contributed by atoms with Crippen LogP contribution in [0.1, 0.15) is 23.0 Å². The predicted octanol–water partition coefficient (Wildman–Crippen LogP) is 0.529. The minimum atomic E-state index is -0.974. The highest BCUT2D eigenvalue weighted by Crippen LogP contribution is 2.30. The molecule has 1 aliphatic rings. The summed E-state index contributed by atoms with van der Waals surface area (Å²) in [5.74, 6) is -0.850. The number of aliphatic carboxylic acids is 1. The van der Waals surface area contributed by atoms with Crippen molar-refractivity contribution < 1.29 is 14.7 Å². The zero-order valence-electron chi connectivity index (χ0n) is 10.4. The molecule has 2 rings (SSSR count). The van der Waals surface area contributed by atoms with Crippen molar-refractivity contribution >= 4 is 23.6 Å². The molecular weight excluding hydrogens is 266 g/mol. The number of carboxylic acid groups (broad SMARTS) is 1. The van der Waals surface area contributed by atoms with Gasteiger partial charge >= 0.3 is 5.97 Å². The number of nitrogens with two attached hydrogens (primary N) is 1. The molecule has 0 spiro atoms. The lowest BCUT2D eigenvalue weighted by Gasteiger charge is -2.25. The molecule has 0 saturated carbocycles. The molecule has 1 fully saturated rings. The Bertz CT molecular complexity index is 509. The monoisotopic (exact) mass is 281 g/mol. The van der Waals surface area contributed by atoms with Gasteiger partial charge in [0.05, 0.1) is 11.1 Å². The molecule has 7 heteroatoms. The van der Waals surface area contributed by atoms with Crippen LogP contribution in [-0.4, -0.2) is 44.0 Å². The zero-order chi connectivity index (χ0) is 14.0. The van der Waals surface area contributed by atoms with E-state index in [0.29, 0.717) is 17.0 Å². The fourth-order valence-electron chi connectivity index (χ4n) is 2.01. The normalized spacial score (nSPS) is 22.5. The fourth-order valence-corrected chi connectivity index (χ4v) is 3.18. The molecule has 19 heavy (non-hydrogen) atoms. The van der Waals surface area contributed by atoms with Crippen molar-refractivity contribution in [3.63, 3.8) is 0 Å². The van der Waals surface area contributed by atoms with Gasteiger partial charge in [-0.25, -0.2) is 4.79 Å². The fraction of sp³-hybridized carbons (Fsp3) is 0.417. The van der Waals surface area contributed by atoms with Crippen LogP contribution in [0.25, 0.3) is 0 Å². The molecule has 1 amide bonds. The Kier molecular flexibility index (Phi) is 4.06. The maximum absolute atomic E-state index is 12.4. The maximum Gasteiger partial charge on any atom is 0.327 e. The zero-order valence-corrected chi connectivity index (χ0v) is 11.3. The number of hydrogen-bond acceptors (Lipinski definition) is 5. The summed E-state index contributed by atoms with van der Waals surface area (Å²) in [6.45, 7) is 2.07. The number of rotatable bonds is 3. The van der Waals surface area contributed by atoms with Gasteiger partial charge in [-0.05, 0) is 19.1 Å². The van der Waals surface area contributed by atoms with Crippen molar-refractivity contribution in [1.29, 1.82) is 0 Å². The molecule has 2 atom stereocenters. The topological polar surface area (TPSA) is 96.5 Å². The first kappa shape index (κ1) is 13.8. The number of amides is 1. The Hall–Kier alpha value is -1.60. The summed E-state index contributed by atoms with van der Waals surface area (Å²) in [5, 5.41) is 9.01. The molecule has 0 aliphatic carbocycles. The molecule has 102 valence electrons. The van der Waals surface area contributed by atoms with E-state index in [1.54, 1.807) is 12.1 Å². The number of pyridine rings is 1. The number of hydrogen-bond donors (Lipinski definition) is 2. The van der Waals surface area contributed by atoms with Crippen LogP contribution in [0.3, 0.4) is 0 Å². The Balaban J connectivity index is 2.28. The molecule has 0 aromatic carbocycles. The molecule has 3 N–H and O–H groups in total.